The highest BCUT2D eigenvalue weighted by Gasteiger charge is 2.08. The van der Waals surface area contributed by atoms with E-state index in [9.17, 15) is 4.79 Å². The molecule has 1 atom stereocenters. The minimum Gasteiger partial charge on any atom is -0.481 e. The van der Waals surface area contributed by atoms with Crippen molar-refractivity contribution in [3.8, 4) is 0 Å². The Morgan fingerprint density at radius 1 is 1.25 bits per heavy atom. The van der Waals surface area contributed by atoms with E-state index in [0.717, 1.165) is 12.8 Å². The molecule has 0 aliphatic heterocycles. The minimum absolute atomic E-state index is 0.161. The van der Waals surface area contributed by atoms with Crippen LogP contribution in [0.4, 0.5) is 0 Å². The summed E-state index contributed by atoms with van der Waals surface area (Å²) in [6.45, 7) is 3.96. The fourth-order valence-corrected chi connectivity index (χ4v) is 1.18. The summed E-state index contributed by atoms with van der Waals surface area (Å²) in [6, 6.07) is 0. The van der Waals surface area contributed by atoms with E-state index >= 15 is 0 Å². The first-order valence-electron chi connectivity index (χ1n) is 4.91. The molecule has 0 radical (unpaired) electrons. The van der Waals surface area contributed by atoms with E-state index in [2.05, 4.69) is 6.92 Å². The molecule has 72 valence electrons. The van der Waals surface area contributed by atoms with Gasteiger partial charge in [0.05, 0.1) is 5.92 Å². The molecule has 0 aliphatic rings. The van der Waals surface area contributed by atoms with E-state index in [0.29, 0.717) is 0 Å². The fraction of sp³-hybridized carbons (Fsp3) is 0.900. The largest absolute Gasteiger partial charge is 0.481 e. The number of hydrogen-bond donors (Lipinski definition) is 1. The Bertz CT molecular complexity index is 121. The molecule has 0 saturated heterocycles. The third-order valence-corrected chi connectivity index (χ3v) is 2.16. The van der Waals surface area contributed by atoms with E-state index in [1.165, 1.54) is 25.7 Å². The molecule has 0 bridgehead atoms. The Labute approximate surface area is 75.0 Å². The molecule has 1 N–H and O–H groups in total. The summed E-state index contributed by atoms with van der Waals surface area (Å²) in [5.74, 6) is -0.822. The van der Waals surface area contributed by atoms with Gasteiger partial charge in [0.1, 0.15) is 0 Å². The van der Waals surface area contributed by atoms with Crippen molar-refractivity contribution in [2.45, 2.75) is 52.4 Å². The van der Waals surface area contributed by atoms with Crippen LogP contribution in [0.5, 0.6) is 0 Å². The van der Waals surface area contributed by atoms with E-state index in [1.54, 1.807) is 6.92 Å². The predicted octanol–water partition coefficient (Wildman–Crippen LogP) is 3.07. The second kappa shape index (κ2) is 7.14. The average Bonchev–Trinajstić information content (AvgIpc) is 2.03. The highest BCUT2D eigenvalue weighted by Crippen LogP contribution is 2.10. The van der Waals surface area contributed by atoms with Crippen molar-refractivity contribution in [1.82, 2.24) is 0 Å². The first kappa shape index (κ1) is 11.5. The molecule has 0 fully saturated rings. The van der Waals surface area contributed by atoms with Gasteiger partial charge in [-0.25, -0.2) is 0 Å². The molecule has 0 spiro atoms. The molecule has 12 heavy (non-hydrogen) atoms. The van der Waals surface area contributed by atoms with Gasteiger partial charge in [-0.2, -0.15) is 0 Å². The zero-order valence-electron chi connectivity index (χ0n) is 8.18. The van der Waals surface area contributed by atoms with Gasteiger partial charge >= 0.3 is 5.97 Å². The van der Waals surface area contributed by atoms with Gasteiger partial charge in [0, 0.05) is 0 Å². The SMILES string of the molecule is CCCCCCC[C@H](C)C(=O)O. The Kier molecular flexibility index (Phi) is 6.82. The van der Waals surface area contributed by atoms with Gasteiger partial charge < -0.3 is 5.11 Å². The summed E-state index contributed by atoms with van der Waals surface area (Å²) >= 11 is 0. The summed E-state index contributed by atoms with van der Waals surface area (Å²) in [7, 11) is 0. The van der Waals surface area contributed by atoms with E-state index in [1.807, 2.05) is 0 Å². The van der Waals surface area contributed by atoms with Crippen LogP contribution in [0.3, 0.4) is 0 Å². The molecule has 0 heterocycles. The van der Waals surface area contributed by atoms with E-state index < -0.39 is 5.97 Å². The number of unbranched alkanes of at least 4 members (excludes halogenated alkanes) is 4. The molecule has 0 aliphatic carbocycles. The molecular weight excluding hydrogens is 152 g/mol. The van der Waals surface area contributed by atoms with Crippen molar-refractivity contribution in [3.05, 3.63) is 0 Å². The third-order valence-electron chi connectivity index (χ3n) is 2.16. The molecular formula is C10H20O2. The Morgan fingerprint density at radius 3 is 2.33 bits per heavy atom. The zero-order chi connectivity index (χ0) is 9.40. The summed E-state index contributed by atoms with van der Waals surface area (Å²) < 4.78 is 0. The molecule has 0 aromatic heterocycles. The Hall–Kier alpha value is -0.530. The van der Waals surface area contributed by atoms with Crippen LogP contribution in [0, 0.1) is 5.92 Å². The third kappa shape index (κ3) is 6.20. The van der Waals surface area contributed by atoms with Crippen LogP contribution in [0.1, 0.15) is 52.4 Å². The van der Waals surface area contributed by atoms with Crippen molar-refractivity contribution in [3.63, 3.8) is 0 Å². The van der Waals surface area contributed by atoms with Crippen LogP contribution in [0.15, 0.2) is 0 Å². The number of carbonyl (C=O) groups is 1. The number of carboxylic acids is 1. The summed E-state index contributed by atoms with van der Waals surface area (Å²) in [5, 5.41) is 8.58. The zero-order valence-corrected chi connectivity index (χ0v) is 8.18. The van der Waals surface area contributed by atoms with Crippen LogP contribution in [-0.4, -0.2) is 11.1 Å². The normalized spacial score (nSPS) is 12.8. The smallest absolute Gasteiger partial charge is 0.306 e. The lowest BCUT2D eigenvalue weighted by atomic mass is 10.0. The lowest BCUT2D eigenvalue weighted by Gasteiger charge is -2.04. The molecule has 0 saturated carbocycles. The quantitative estimate of drug-likeness (QED) is 0.599. The van der Waals surface area contributed by atoms with Crippen molar-refractivity contribution in [1.29, 1.82) is 0 Å². The molecule has 0 aromatic carbocycles. The van der Waals surface area contributed by atoms with Crippen molar-refractivity contribution in [2.24, 2.45) is 5.92 Å². The second-order valence-corrected chi connectivity index (χ2v) is 3.44. The van der Waals surface area contributed by atoms with Crippen molar-refractivity contribution < 1.29 is 9.90 Å². The average molecular weight is 172 g/mol. The highest BCUT2D eigenvalue weighted by molar-refractivity contribution is 5.69. The van der Waals surface area contributed by atoms with Gasteiger partial charge in [-0.05, 0) is 6.42 Å². The van der Waals surface area contributed by atoms with Crippen LogP contribution < -0.4 is 0 Å². The first-order valence-corrected chi connectivity index (χ1v) is 4.91. The minimum atomic E-state index is -0.662. The Morgan fingerprint density at radius 2 is 1.83 bits per heavy atom. The van der Waals surface area contributed by atoms with Crippen LogP contribution >= 0.6 is 0 Å². The second-order valence-electron chi connectivity index (χ2n) is 3.44. The van der Waals surface area contributed by atoms with Gasteiger partial charge in [-0.1, -0.05) is 46.0 Å². The van der Waals surface area contributed by atoms with Crippen molar-refractivity contribution in [2.75, 3.05) is 0 Å². The highest BCUT2D eigenvalue weighted by atomic mass is 16.4. The Balaban J connectivity index is 3.14. The van der Waals surface area contributed by atoms with Gasteiger partial charge in [-0.15, -0.1) is 0 Å². The molecule has 2 heteroatoms. The number of carboxylic acid groups (broad SMARTS) is 1. The number of hydrogen-bond acceptors (Lipinski definition) is 1. The van der Waals surface area contributed by atoms with Gasteiger partial charge in [0.25, 0.3) is 0 Å². The maximum atomic E-state index is 10.4. The predicted molar refractivity (Wildman–Crippen MR) is 50.2 cm³/mol. The summed E-state index contributed by atoms with van der Waals surface area (Å²) in [6.07, 6.45) is 6.86. The van der Waals surface area contributed by atoms with Crippen LogP contribution in [0.2, 0.25) is 0 Å². The van der Waals surface area contributed by atoms with Gasteiger partial charge in [0.15, 0.2) is 0 Å². The maximum absolute atomic E-state index is 10.4. The van der Waals surface area contributed by atoms with Crippen LogP contribution in [0.25, 0.3) is 0 Å². The fourth-order valence-electron chi connectivity index (χ4n) is 1.18. The molecule has 0 aromatic rings. The summed E-state index contributed by atoms with van der Waals surface area (Å²) in [5.41, 5.74) is 0. The van der Waals surface area contributed by atoms with Crippen molar-refractivity contribution >= 4 is 5.97 Å². The topological polar surface area (TPSA) is 37.3 Å². The lowest BCUT2D eigenvalue weighted by molar-refractivity contribution is -0.141. The molecule has 2 nitrogen and oxygen atoms in total. The maximum Gasteiger partial charge on any atom is 0.306 e. The molecule has 0 rings (SSSR count). The number of rotatable bonds is 7. The van der Waals surface area contributed by atoms with Gasteiger partial charge in [-0.3, -0.25) is 4.79 Å². The standard InChI is InChI=1S/C10H20O2/c1-3-4-5-6-7-8-9(2)10(11)12/h9H,3-8H2,1-2H3,(H,11,12)/t9-/m0/s1. The van der Waals surface area contributed by atoms with Crippen LogP contribution in [-0.2, 0) is 4.79 Å². The molecule has 0 unspecified atom stereocenters. The molecule has 0 amide bonds. The van der Waals surface area contributed by atoms with Gasteiger partial charge in [0.2, 0.25) is 0 Å². The first-order chi connectivity index (χ1) is 5.68. The number of aliphatic carboxylic acids is 1. The lowest BCUT2D eigenvalue weighted by Crippen LogP contribution is -2.08. The van der Waals surface area contributed by atoms with E-state index in [4.69, 9.17) is 5.11 Å². The monoisotopic (exact) mass is 172 g/mol. The van der Waals surface area contributed by atoms with E-state index in [-0.39, 0.29) is 5.92 Å². The summed E-state index contributed by atoms with van der Waals surface area (Å²) in [4.78, 5) is 10.4.